The number of methoxy groups -OCH3 is 1. The lowest BCUT2D eigenvalue weighted by atomic mass is 10.3. The Morgan fingerprint density at radius 3 is 2.36 bits per heavy atom. The third-order valence-electron chi connectivity index (χ3n) is 3.36. The zero-order valence-corrected chi connectivity index (χ0v) is 15.6. The van der Waals surface area contributed by atoms with Gasteiger partial charge in [0.1, 0.15) is 12.4 Å². The number of nitrogens with one attached hydrogen (secondary N) is 2. The third kappa shape index (κ3) is 6.15. The lowest BCUT2D eigenvalue weighted by Crippen LogP contribution is -2.39. The fourth-order valence-corrected chi connectivity index (χ4v) is 2.51. The smallest absolute Gasteiger partial charge is 0.171 e. The summed E-state index contributed by atoms with van der Waals surface area (Å²) in [5.74, 6) is 2.26. The lowest BCUT2D eigenvalue weighted by molar-refractivity contribution is 0.270. The molecule has 0 aliphatic heterocycles. The van der Waals surface area contributed by atoms with Gasteiger partial charge >= 0.3 is 0 Å². The summed E-state index contributed by atoms with van der Waals surface area (Å²) in [5, 5.41) is 6.89. The molecule has 134 valence electrons. The number of anilines is 1. The van der Waals surface area contributed by atoms with Crippen LogP contribution in [0.15, 0.2) is 48.5 Å². The molecule has 0 aliphatic rings. The van der Waals surface area contributed by atoms with Crippen LogP contribution in [0, 0.1) is 0 Å². The number of para-hydroxylation sites is 2. The second-order valence-corrected chi connectivity index (χ2v) is 5.83. The average Bonchev–Trinajstić information content (AvgIpc) is 2.62. The first-order valence-electron chi connectivity index (χ1n) is 8.18. The van der Waals surface area contributed by atoms with Crippen molar-refractivity contribution < 1.29 is 14.2 Å². The molecule has 0 heterocycles. The van der Waals surface area contributed by atoms with Crippen molar-refractivity contribution in [3.63, 3.8) is 0 Å². The van der Waals surface area contributed by atoms with Crippen LogP contribution in [0.3, 0.4) is 0 Å². The molecule has 1 atom stereocenters. The highest BCUT2D eigenvalue weighted by Gasteiger charge is 2.08. The molecule has 0 fully saturated rings. The highest BCUT2D eigenvalue weighted by Crippen LogP contribution is 2.25. The predicted octanol–water partition coefficient (Wildman–Crippen LogP) is 3.85. The molecule has 0 saturated heterocycles. The van der Waals surface area contributed by atoms with Crippen LogP contribution in [0.5, 0.6) is 17.2 Å². The Balaban J connectivity index is 1.79. The monoisotopic (exact) mass is 360 g/mol. The molecule has 2 aromatic rings. The molecular formula is C19H24N2O3S. The summed E-state index contributed by atoms with van der Waals surface area (Å²) in [7, 11) is 1.62. The van der Waals surface area contributed by atoms with Gasteiger partial charge in [-0.25, -0.2) is 0 Å². The summed E-state index contributed by atoms with van der Waals surface area (Å²) in [4.78, 5) is 0. The van der Waals surface area contributed by atoms with Crippen molar-refractivity contribution in [3.05, 3.63) is 48.5 Å². The van der Waals surface area contributed by atoms with Gasteiger partial charge in [-0.15, -0.1) is 0 Å². The molecule has 0 amide bonds. The molecule has 2 aromatic carbocycles. The van der Waals surface area contributed by atoms with Gasteiger partial charge in [0.05, 0.1) is 19.8 Å². The summed E-state index contributed by atoms with van der Waals surface area (Å²) in [6, 6.07) is 15.3. The zero-order valence-electron chi connectivity index (χ0n) is 14.7. The van der Waals surface area contributed by atoms with E-state index in [1.54, 1.807) is 7.11 Å². The minimum Gasteiger partial charge on any atom is -0.494 e. The number of ether oxygens (including phenoxy) is 3. The highest BCUT2D eigenvalue weighted by atomic mass is 32.1. The van der Waals surface area contributed by atoms with Crippen molar-refractivity contribution in [3.8, 4) is 17.2 Å². The maximum absolute atomic E-state index is 5.79. The van der Waals surface area contributed by atoms with E-state index in [4.69, 9.17) is 26.4 Å². The van der Waals surface area contributed by atoms with Gasteiger partial charge in [0.15, 0.2) is 16.6 Å². The summed E-state index contributed by atoms with van der Waals surface area (Å²) < 4.78 is 16.5. The third-order valence-corrected chi connectivity index (χ3v) is 3.58. The van der Waals surface area contributed by atoms with Crippen LogP contribution in [-0.4, -0.2) is 31.5 Å². The molecule has 0 aliphatic carbocycles. The maximum atomic E-state index is 5.79. The van der Waals surface area contributed by atoms with Crippen molar-refractivity contribution in [2.45, 2.75) is 19.9 Å². The van der Waals surface area contributed by atoms with Gasteiger partial charge in [0.25, 0.3) is 0 Å². The van der Waals surface area contributed by atoms with E-state index in [0.717, 1.165) is 11.4 Å². The minimum absolute atomic E-state index is 0.0348. The van der Waals surface area contributed by atoms with Gasteiger partial charge in [-0.3, -0.25) is 0 Å². The van der Waals surface area contributed by atoms with Crippen LogP contribution in [0.4, 0.5) is 5.69 Å². The van der Waals surface area contributed by atoms with Gasteiger partial charge in [-0.2, -0.15) is 0 Å². The van der Waals surface area contributed by atoms with E-state index in [0.29, 0.717) is 29.8 Å². The topological polar surface area (TPSA) is 51.8 Å². The van der Waals surface area contributed by atoms with E-state index < -0.39 is 0 Å². The van der Waals surface area contributed by atoms with Crippen LogP contribution in [0.25, 0.3) is 0 Å². The number of thiocarbonyl (C=S) groups is 1. The molecule has 0 aromatic heterocycles. The van der Waals surface area contributed by atoms with E-state index in [2.05, 4.69) is 10.6 Å². The van der Waals surface area contributed by atoms with Crippen LogP contribution in [0.1, 0.15) is 13.8 Å². The van der Waals surface area contributed by atoms with Crippen LogP contribution in [0.2, 0.25) is 0 Å². The van der Waals surface area contributed by atoms with Crippen LogP contribution >= 0.6 is 12.2 Å². The number of benzene rings is 2. The SMILES string of the molecule is CCOc1ccc(NC(=S)NC(C)COc2ccccc2OC)cc1. The van der Waals surface area contributed by atoms with Crippen molar-refractivity contribution in [2.24, 2.45) is 0 Å². The standard InChI is InChI=1S/C19H24N2O3S/c1-4-23-16-11-9-15(10-12-16)21-19(25)20-14(2)13-24-18-8-6-5-7-17(18)22-3/h5-12,14H,4,13H2,1-3H3,(H2,20,21,25). The Hall–Kier alpha value is -2.47. The van der Waals surface area contributed by atoms with Crippen molar-refractivity contribution >= 4 is 23.0 Å². The molecule has 0 spiro atoms. The van der Waals surface area contributed by atoms with E-state index in [9.17, 15) is 0 Å². The van der Waals surface area contributed by atoms with Gasteiger partial charge in [-0.1, -0.05) is 12.1 Å². The number of hydrogen-bond donors (Lipinski definition) is 2. The Morgan fingerprint density at radius 2 is 1.72 bits per heavy atom. The van der Waals surface area contributed by atoms with E-state index in [-0.39, 0.29) is 6.04 Å². The molecule has 6 heteroatoms. The van der Waals surface area contributed by atoms with Crippen molar-refractivity contribution in [1.29, 1.82) is 0 Å². The van der Waals surface area contributed by atoms with Crippen molar-refractivity contribution in [2.75, 3.05) is 25.6 Å². The first kappa shape index (κ1) is 18.9. The van der Waals surface area contributed by atoms with Gasteiger partial charge in [-0.05, 0) is 62.5 Å². The molecule has 0 saturated carbocycles. The Kier molecular flexibility index (Phi) is 7.35. The molecule has 0 radical (unpaired) electrons. The van der Waals surface area contributed by atoms with Gasteiger partial charge < -0.3 is 24.8 Å². The predicted molar refractivity (Wildman–Crippen MR) is 105 cm³/mol. The molecular weight excluding hydrogens is 336 g/mol. The van der Waals surface area contributed by atoms with Gasteiger partial charge in [0, 0.05) is 5.69 Å². The maximum Gasteiger partial charge on any atom is 0.171 e. The highest BCUT2D eigenvalue weighted by molar-refractivity contribution is 7.80. The average molecular weight is 360 g/mol. The second kappa shape index (κ2) is 9.74. The molecule has 2 N–H and O–H groups in total. The molecule has 1 unspecified atom stereocenters. The number of hydrogen-bond acceptors (Lipinski definition) is 4. The Bertz CT molecular complexity index is 677. The van der Waals surface area contributed by atoms with Crippen molar-refractivity contribution in [1.82, 2.24) is 5.32 Å². The fraction of sp³-hybridized carbons (Fsp3) is 0.316. The summed E-state index contributed by atoms with van der Waals surface area (Å²) in [6.07, 6.45) is 0. The molecule has 2 rings (SSSR count). The van der Waals surface area contributed by atoms with E-state index in [1.807, 2.05) is 62.4 Å². The second-order valence-electron chi connectivity index (χ2n) is 5.42. The van der Waals surface area contributed by atoms with E-state index in [1.165, 1.54) is 0 Å². The van der Waals surface area contributed by atoms with Crippen LogP contribution in [-0.2, 0) is 0 Å². The molecule has 25 heavy (non-hydrogen) atoms. The quantitative estimate of drug-likeness (QED) is 0.698. The zero-order chi connectivity index (χ0) is 18.1. The molecule has 5 nitrogen and oxygen atoms in total. The minimum atomic E-state index is 0.0348. The Morgan fingerprint density at radius 1 is 1.04 bits per heavy atom. The summed E-state index contributed by atoms with van der Waals surface area (Å²) in [6.45, 7) is 5.07. The largest absolute Gasteiger partial charge is 0.494 e. The summed E-state index contributed by atoms with van der Waals surface area (Å²) in [5.41, 5.74) is 0.902. The van der Waals surface area contributed by atoms with Gasteiger partial charge in [0.2, 0.25) is 0 Å². The van der Waals surface area contributed by atoms with Crippen LogP contribution < -0.4 is 24.8 Å². The summed E-state index contributed by atoms with van der Waals surface area (Å²) >= 11 is 5.34. The van der Waals surface area contributed by atoms with E-state index >= 15 is 0 Å². The Labute approximate surface area is 154 Å². The normalized spacial score (nSPS) is 11.3. The number of rotatable bonds is 8. The molecule has 0 bridgehead atoms. The fourth-order valence-electron chi connectivity index (χ4n) is 2.19. The lowest BCUT2D eigenvalue weighted by Gasteiger charge is -2.18. The first-order valence-corrected chi connectivity index (χ1v) is 8.59. The first-order chi connectivity index (χ1) is 12.1.